The maximum Gasteiger partial charge on any atom is 0.178 e. The number of hydrogen-bond acceptors (Lipinski definition) is 2. The molecule has 0 heterocycles. The van der Waals surface area contributed by atoms with E-state index in [4.69, 9.17) is 5.73 Å². The van der Waals surface area contributed by atoms with Gasteiger partial charge in [0.2, 0.25) is 0 Å². The second kappa shape index (κ2) is 6.19. The Morgan fingerprint density at radius 2 is 2.06 bits per heavy atom. The van der Waals surface area contributed by atoms with Gasteiger partial charge in [-0.25, -0.2) is 0 Å². The van der Waals surface area contributed by atoms with Gasteiger partial charge in [0.1, 0.15) is 0 Å². The van der Waals surface area contributed by atoms with Gasteiger partial charge in [-0.15, -0.1) is 0 Å². The summed E-state index contributed by atoms with van der Waals surface area (Å²) < 4.78 is 0. The molecule has 1 aliphatic rings. The lowest BCUT2D eigenvalue weighted by Gasteiger charge is -2.24. The van der Waals surface area contributed by atoms with Gasteiger partial charge < -0.3 is 5.73 Å². The zero-order valence-electron chi connectivity index (χ0n) is 10.7. The van der Waals surface area contributed by atoms with Gasteiger partial charge in [-0.05, 0) is 44.6 Å². The van der Waals surface area contributed by atoms with Crippen molar-refractivity contribution < 1.29 is 4.79 Å². The molecular weight excluding hydrogens is 198 g/mol. The molecule has 0 saturated carbocycles. The molecule has 1 atom stereocenters. The van der Waals surface area contributed by atoms with Crippen molar-refractivity contribution in [2.24, 2.45) is 5.73 Å². The van der Waals surface area contributed by atoms with Gasteiger partial charge >= 0.3 is 0 Å². The molecule has 16 heavy (non-hydrogen) atoms. The molecule has 0 spiro atoms. The Morgan fingerprint density at radius 3 is 2.75 bits per heavy atom. The van der Waals surface area contributed by atoms with Crippen molar-refractivity contribution in [2.75, 3.05) is 0 Å². The highest BCUT2D eigenvalue weighted by Gasteiger charge is 2.29. The second-order valence-corrected chi connectivity index (χ2v) is 5.18. The van der Waals surface area contributed by atoms with Crippen LogP contribution in [0.4, 0.5) is 0 Å². The topological polar surface area (TPSA) is 43.1 Å². The van der Waals surface area contributed by atoms with Crippen molar-refractivity contribution in [3.63, 3.8) is 0 Å². The Balaban J connectivity index is 2.70. The van der Waals surface area contributed by atoms with E-state index >= 15 is 0 Å². The summed E-state index contributed by atoms with van der Waals surface area (Å²) >= 11 is 0. The van der Waals surface area contributed by atoms with E-state index in [9.17, 15) is 4.79 Å². The number of carbonyl (C=O) groups excluding carboxylic acids is 1. The minimum absolute atomic E-state index is 0.177. The van der Waals surface area contributed by atoms with Gasteiger partial charge in [0, 0.05) is 0 Å². The third kappa shape index (κ3) is 3.75. The Morgan fingerprint density at radius 1 is 1.38 bits per heavy atom. The first-order valence-corrected chi connectivity index (χ1v) is 6.60. The molecule has 0 aromatic rings. The van der Waals surface area contributed by atoms with Crippen molar-refractivity contribution in [1.29, 1.82) is 0 Å². The number of Topliss-reactive ketones (excluding diaryl/α,β-unsaturated/α-hetero) is 1. The molecule has 0 bridgehead atoms. The first-order valence-electron chi connectivity index (χ1n) is 6.60. The van der Waals surface area contributed by atoms with Crippen LogP contribution >= 0.6 is 0 Å². The molecule has 2 heteroatoms. The summed E-state index contributed by atoms with van der Waals surface area (Å²) in [5, 5.41) is 0. The van der Waals surface area contributed by atoms with Gasteiger partial charge in [-0.3, -0.25) is 4.79 Å². The molecule has 0 aromatic heterocycles. The molecule has 0 fully saturated rings. The van der Waals surface area contributed by atoms with Crippen LogP contribution in [0.15, 0.2) is 11.6 Å². The van der Waals surface area contributed by atoms with Crippen LogP contribution in [0.3, 0.4) is 0 Å². The second-order valence-electron chi connectivity index (χ2n) is 5.18. The van der Waals surface area contributed by atoms with Gasteiger partial charge in [0.15, 0.2) is 5.78 Å². The highest BCUT2D eigenvalue weighted by molar-refractivity contribution is 6.02. The number of hydrogen-bond donors (Lipinski definition) is 1. The molecule has 0 aromatic carbocycles. The van der Waals surface area contributed by atoms with Crippen LogP contribution in [-0.4, -0.2) is 11.3 Å². The predicted molar refractivity (Wildman–Crippen MR) is 68.3 cm³/mol. The fraction of sp³-hybridized carbons (Fsp3) is 0.786. The summed E-state index contributed by atoms with van der Waals surface area (Å²) in [5.41, 5.74) is 6.43. The van der Waals surface area contributed by atoms with Crippen LogP contribution < -0.4 is 5.73 Å². The third-order valence-corrected chi connectivity index (χ3v) is 3.37. The van der Waals surface area contributed by atoms with E-state index < -0.39 is 5.54 Å². The molecule has 0 saturated heterocycles. The molecule has 1 rings (SSSR count). The monoisotopic (exact) mass is 223 g/mol. The number of allylic oxidation sites excluding steroid dienone is 1. The van der Waals surface area contributed by atoms with E-state index in [1.807, 2.05) is 6.92 Å². The van der Waals surface area contributed by atoms with Crippen molar-refractivity contribution >= 4 is 5.78 Å². The van der Waals surface area contributed by atoms with E-state index in [0.717, 1.165) is 37.7 Å². The van der Waals surface area contributed by atoms with Gasteiger partial charge in [-0.2, -0.15) is 0 Å². The summed E-state index contributed by atoms with van der Waals surface area (Å²) in [6, 6.07) is 0. The van der Waals surface area contributed by atoms with E-state index in [1.165, 1.54) is 19.3 Å². The average molecular weight is 223 g/mol. The minimum Gasteiger partial charge on any atom is -0.319 e. The minimum atomic E-state index is -0.653. The number of ketones is 1. The summed E-state index contributed by atoms with van der Waals surface area (Å²) in [6.07, 6.45) is 10.7. The van der Waals surface area contributed by atoms with Gasteiger partial charge in [-0.1, -0.05) is 32.3 Å². The van der Waals surface area contributed by atoms with Crippen molar-refractivity contribution in [3.8, 4) is 0 Å². The third-order valence-electron chi connectivity index (χ3n) is 3.37. The maximum atomic E-state index is 12.3. The fourth-order valence-corrected chi connectivity index (χ4v) is 2.40. The Hall–Kier alpha value is -0.630. The maximum absolute atomic E-state index is 12.3. The fourth-order valence-electron chi connectivity index (χ4n) is 2.40. The lowest BCUT2D eigenvalue weighted by molar-refractivity contribution is -0.120. The van der Waals surface area contributed by atoms with Crippen LogP contribution in [0.2, 0.25) is 0 Å². The smallest absolute Gasteiger partial charge is 0.178 e. The molecule has 92 valence electrons. The summed E-state index contributed by atoms with van der Waals surface area (Å²) in [6.45, 7) is 3.95. The SMILES string of the molecule is CCCC(C)(N)C(=O)C1=CCCCCCC1. The highest BCUT2D eigenvalue weighted by Crippen LogP contribution is 2.23. The lowest BCUT2D eigenvalue weighted by Crippen LogP contribution is -2.45. The van der Waals surface area contributed by atoms with Crippen LogP contribution in [0.5, 0.6) is 0 Å². The first-order chi connectivity index (χ1) is 7.58. The molecule has 2 N–H and O–H groups in total. The van der Waals surface area contributed by atoms with Crippen molar-refractivity contribution in [2.45, 2.75) is 70.8 Å². The molecule has 0 radical (unpaired) electrons. The van der Waals surface area contributed by atoms with E-state index in [2.05, 4.69) is 13.0 Å². The molecule has 2 nitrogen and oxygen atoms in total. The molecular formula is C14H25NO. The Kier molecular flexibility index (Phi) is 5.20. The van der Waals surface area contributed by atoms with Gasteiger partial charge in [0.25, 0.3) is 0 Å². The highest BCUT2D eigenvalue weighted by atomic mass is 16.1. The Bertz CT molecular complexity index is 266. The molecule has 1 unspecified atom stereocenters. The number of nitrogens with two attached hydrogens (primary N) is 1. The first kappa shape index (κ1) is 13.4. The van der Waals surface area contributed by atoms with Gasteiger partial charge in [0.05, 0.1) is 5.54 Å². The normalized spacial score (nSPS) is 21.6. The lowest BCUT2D eigenvalue weighted by atomic mass is 9.84. The molecule has 1 aliphatic carbocycles. The van der Waals surface area contributed by atoms with E-state index in [1.54, 1.807) is 0 Å². The quantitative estimate of drug-likeness (QED) is 0.794. The van der Waals surface area contributed by atoms with Crippen LogP contribution in [0, 0.1) is 0 Å². The summed E-state index contributed by atoms with van der Waals surface area (Å²) in [5.74, 6) is 0.177. The Labute approximate surface area is 99.3 Å². The molecule has 0 aliphatic heterocycles. The largest absolute Gasteiger partial charge is 0.319 e. The summed E-state index contributed by atoms with van der Waals surface area (Å²) in [7, 11) is 0. The van der Waals surface area contributed by atoms with E-state index in [0.29, 0.717) is 0 Å². The van der Waals surface area contributed by atoms with E-state index in [-0.39, 0.29) is 5.78 Å². The van der Waals surface area contributed by atoms with Crippen LogP contribution in [-0.2, 0) is 4.79 Å². The number of rotatable bonds is 4. The predicted octanol–water partition coefficient (Wildman–Crippen LogP) is 3.35. The van der Waals surface area contributed by atoms with Crippen molar-refractivity contribution in [3.05, 3.63) is 11.6 Å². The number of carbonyl (C=O) groups is 1. The zero-order chi connectivity index (χ0) is 12.0. The standard InChI is InChI=1S/C14H25NO/c1-3-11-14(2,15)13(16)12-9-7-5-4-6-8-10-12/h9H,3-8,10-11,15H2,1-2H3. The van der Waals surface area contributed by atoms with Crippen molar-refractivity contribution in [1.82, 2.24) is 0 Å². The average Bonchev–Trinajstić information content (AvgIpc) is 2.16. The zero-order valence-corrected chi connectivity index (χ0v) is 10.7. The molecule has 0 amide bonds. The van der Waals surface area contributed by atoms with Crippen LogP contribution in [0.25, 0.3) is 0 Å². The van der Waals surface area contributed by atoms with Crippen LogP contribution in [0.1, 0.15) is 65.2 Å². The summed E-state index contributed by atoms with van der Waals surface area (Å²) in [4.78, 5) is 12.3.